The van der Waals surface area contributed by atoms with Gasteiger partial charge >= 0.3 is 0 Å². The SMILES string of the molecule is O=C(Cn1nc(C(F)F)cc1C1CC1)NC1CC1. The summed E-state index contributed by atoms with van der Waals surface area (Å²) in [7, 11) is 0. The lowest BCUT2D eigenvalue weighted by atomic mass is 10.2. The first-order valence-corrected chi connectivity index (χ1v) is 6.28. The molecule has 0 spiro atoms. The van der Waals surface area contributed by atoms with E-state index in [1.807, 2.05) is 0 Å². The largest absolute Gasteiger partial charge is 0.352 e. The fourth-order valence-electron chi connectivity index (χ4n) is 2.03. The van der Waals surface area contributed by atoms with E-state index in [1.165, 1.54) is 10.7 Å². The van der Waals surface area contributed by atoms with Crippen molar-refractivity contribution in [2.24, 2.45) is 0 Å². The van der Waals surface area contributed by atoms with Gasteiger partial charge in [0.2, 0.25) is 5.91 Å². The standard InChI is InChI=1S/C12H15F2N3O/c13-12(14)9-5-10(7-1-2-7)17(16-9)6-11(18)15-8-3-4-8/h5,7-8,12H,1-4,6H2,(H,15,18). The van der Waals surface area contributed by atoms with Crippen molar-refractivity contribution >= 4 is 5.91 Å². The Bertz CT molecular complexity index is 464. The van der Waals surface area contributed by atoms with Crippen LogP contribution in [-0.4, -0.2) is 21.7 Å². The molecule has 1 amide bonds. The number of hydrogen-bond donors (Lipinski definition) is 1. The van der Waals surface area contributed by atoms with Gasteiger partial charge < -0.3 is 5.32 Å². The van der Waals surface area contributed by atoms with Gasteiger partial charge in [0, 0.05) is 17.7 Å². The topological polar surface area (TPSA) is 46.9 Å². The molecule has 1 heterocycles. The Kier molecular flexibility index (Phi) is 2.80. The van der Waals surface area contributed by atoms with Gasteiger partial charge in [-0.2, -0.15) is 5.10 Å². The zero-order chi connectivity index (χ0) is 12.7. The Hall–Kier alpha value is -1.46. The van der Waals surface area contributed by atoms with Gasteiger partial charge in [-0.3, -0.25) is 9.48 Å². The summed E-state index contributed by atoms with van der Waals surface area (Å²) in [4.78, 5) is 11.7. The van der Waals surface area contributed by atoms with Crippen molar-refractivity contribution < 1.29 is 13.6 Å². The molecule has 0 bridgehead atoms. The fraction of sp³-hybridized carbons (Fsp3) is 0.667. The molecule has 2 saturated carbocycles. The predicted molar refractivity (Wildman–Crippen MR) is 60.3 cm³/mol. The summed E-state index contributed by atoms with van der Waals surface area (Å²) in [5, 5.41) is 6.68. The number of rotatable bonds is 5. The zero-order valence-corrected chi connectivity index (χ0v) is 9.90. The monoisotopic (exact) mass is 255 g/mol. The lowest BCUT2D eigenvalue weighted by Gasteiger charge is -2.06. The first-order chi connectivity index (χ1) is 8.63. The molecule has 0 aliphatic heterocycles. The van der Waals surface area contributed by atoms with Crippen molar-refractivity contribution in [2.45, 2.75) is 50.6 Å². The van der Waals surface area contributed by atoms with Crippen molar-refractivity contribution in [3.05, 3.63) is 17.5 Å². The van der Waals surface area contributed by atoms with Crippen molar-refractivity contribution in [2.75, 3.05) is 0 Å². The number of carbonyl (C=O) groups is 1. The first-order valence-electron chi connectivity index (χ1n) is 6.28. The maximum absolute atomic E-state index is 12.6. The van der Waals surface area contributed by atoms with Crippen LogP contribution < -0.4 is 5.32 Å². The molecule has 1 N–H and O–H groups in total. The van der Waals surface area contributed by atoms with E-state index in [1.54, 1.807) is 0 Å². The van der Waals surface area contributed by atoms with E-state index in [2.05, 4.69) is 10.4 Å². The van der Waals surface area contributed by atoms with Crippen molar-refractivity contribution in [3.63, 3.8) is 0 Å². The van der Waals surface area contributed by atoms with Gasteiger partial charge in [0.15, 0.2) is 0 Å². The molecule has 3 rings (SSSR count). The minimum absolute atomic E-state index is 0.0506. The van der Waals surface area contributed by atoms with Crippen LogP contribution in [0.2, 0.25) is 0 Å². The molecule has 18 heavy (non-hydrogen) atoms. The Morgan fingerprint density at radius 2 is 2.17 bits per heavy atom. The summed E-state index contributed by atoms with van der Waals surface area (Å²) in [5.74, 6) is 0.169. The molecule has 98 valence electrons. The Balaban J connectivity index is 1.73. The van der Waals surface area contributed by atoms with Crippen LogP contribution in [0.3, 0.4) is 0 Å². The van der Waals surface area contributed by atoms with Crippen molar-refractivity contribution in [1.29, 1.82) is 0 Å². The number of nitrogens with zero attached hydrogens (tertiary/aromatic N) is 2. The molecule has 2 aliphatic carbocycles. The minimum Gasteiger partial charge on any atom is -0.352 e. The van der Waals surface area contributed by atoms with Gasteiger partial charge in [-0.25, -0.2) is 8.78 Å². The van der Waals surface area contributed by atoms with Gasteiger partial charge in [0.05, 0.1) is 0 Å². The third kappa shape index (κ3) is 2.52. The Morgan fingerprint density at radius 3 is 2.72 bits per heavy atom. The van der Waals surface area contributed by atoms with Crippen LogP contribution in [0.1, 0.15) is 49.4 Å². The summed E-state index contributed by atoms with van der Waals surface area (Å²) in [6.45, 7) is 0.0506. The number of carbonyl (C=O) groups excluding carboxylic acids is 1. The number of halogens is 2. The molecule has 0 saturated heterocycles. The molecule has 6 heteroatoms. The number of alkyl halides is 2. The fourth-order valence-corrected chi connectivity index (χ4v) is 2.03. The molecule has 0 aromatic carbocycles. The van der Waals surface area contributed by atoms with Crippen molar-refractivity contribution in [3.8, 4) is 0 Å². The summed E-state index contributed by atoms with van der Waals surface area (Å²) < 4.78 is 26.7. The second-order valence-electron chi connectivity index (χ2n) is 5.07. The molecule has 2 fully saturated rings. The molecule has 4 nitrogen and oxygen atoms in total. The van der Waals surface area contributed by atoms with E-state index in [0.717, 1.165) is 31.4 Å². The quantitative estimate of drug-likeness (QED) is 0.874. The average Bonchev–Trinajstić information content (AvgIpc) is 3.20. The summed E-state index contributed by atoms with van der Waals surface area (Å²) >= 11 is 0. The molecule has 0 radical (unpaired) electrons. The maximum atomic E-state index is 12.6. The summed E-state index contributed by atoms with van der Waals surface area (Å²) in [5.41, 5.74) is 0.548. The van der Waals surface area contributed by atoms with E-state index >= 15 is 0 Å². The summed E-state index contributed by atoms with van der Waals surface area (Å²) in [6, 6.07) is 1.72. The van der Waals surface area contributed by atoms with Crippen LogP contribution >= 0.6 is 0 Å². The van der Waals surface area contributed by atoms with Crippen LogP contribution in [0, 0.1) is 0 Å². The Labute approximate surface area is 103 Å². The molecule has 1 aromatic heterocycles. The average molecular weight is 255 g/mol. The number of amides is 1. The molecule has 2 aliphatic rings. The second kappa shape index (κ2) is 4.33. The van der Waals surface area contributed by atoms with E-state index in [0.29, 0.717) is 5.92 Å². The van der Waals surface area contributed by atoms with Gasteiger partial charge in [-0.15, -0.1) is 0 Å². The lowest BCUT2D eigenvalue weighted by molar-refractivity contribution is -0.122. The van der Waals surface area contributed by atoms with Gasteiger partial charge in [-0.1, -0.05) is 0 Å². The van der Waals surface area contributed by atoms with E-state index < -0.39 is 6.43 Å². The maximum Gasteiger partial charge on any atom is 0.282 e. The molecule has 0 atom stereocenters. The predicted octanol–water partition coefficient (Wildman–Crippen LogP) is 1.98. The van der Waals surface area contributed by atoms with E-state index in [4.69, 9.17) is 0 Å². The molecular weight excluding hydrogens is 240 g/mol. The smallest absolute Gasteiger partial charge is 0.282 e. The van der Waals surface area contributed by atoms with Crippen molar-refractivity contribution in [1.82, 2.24) is 15.1 Å². The minimum atomic E-state index is -2.57. The highest BCUT2D eigenvalue weighted by molar-refractivity contribution is 5.76. The third-order valence-corrected chi connectivity index (χ3v) is 3.29. The van der Waals surface area contributed by atoms with Gasteiger partial charge in [0.1, 0.15) is 12.2 Å². The number of aromatic nitrogens is 2. The summed E-state index contributed by atoms with van der Waals surface area (Å²) in [6.07, 6.45) is 1.46. The highest BCUT2D eigenvalue weighted by Gasteiger charge is 2.30. The lowest BCUT2D eigenvalue weighted by Crippen LogP contribution is -2.30. The molecule has 0 unspecified atom stereocenters. The molecular formula is C12H15F2N3O. The molecule has 1 aromatic rings. The third-order valence-electron chi connectivity index (χ3n) is 3.29. The second-order valence-corrected chi connectivity index (χ2v) is 5.07. The van der Waals surface area contributed by atoms with Crippen LogP contribution in [0.25, 0.3) is 0 Å². The highest BCUT2D eigenvalue weighted by atomic mass is 19.3. The number of hydrogen-bond acceptors (Lipinski definition) is 2. The van der Waals surface area contributed by atoms with E-state index in [9.17, 15) is 13.6 Å². The van der Waals surface area contributed by atoms with Crippen LogP contribution in [0.4, 0.5) is 8.78 Å². The van der Waals surface area contributed by atoms with Crippen LogP contribution in [0.15, 0.2) is 6.07 Å². The Morgan fingerprint density at radius 1 is 1.44 bits per heavy atom. The van der Waals surface area contributed by atoms with E-state index in [-0.39, 0.29) is 24.2 Å². The van der Waals surface area contributed by atoms with Gasteiger partial charge in [0.25, 0.3) is 6.43 Å². The van der Waals surface area contributed by atoms with Crippen LogP contribution in [0.5, 0.6) is 0 Å². The normalized spacial score (nSPS) is 19.3. The first kappa shape index (κ1) is 11.6. The number of nitrogens with one attached hydrogen (secondary N) is 1. The van der Waals surface area contributed by atoms with Crippen LogP contribution in [-0.2, 0) is 11.3 Å². The zero-order valence-electron chi connectivity index (χ0n) is 9.90. The highest BCUT2D eigenvalue weighted by Crippen LogP contribution is 2.41. The van der Waals surface area contributed by atoms with Gasteiger partial charge in [-0.05, 0) is 31.7 Å².